The Labute approximate surface area is 129 Å². The van der Waals surface area contributed by atoms with Crippen LogP contribution < -0.4 is 4.74 Å². The lowest BCUT2D eigenvalue weighted by atomic mass is 9.76. The van der Waals surface area contributed by atoms with E-state index in [2.05, 4.69) is 11.9 Å². The number of carbonyl (C=O) groups is 1. The third-order valence-electron chi connectivity index (χ3n) is 5.19. The molecule has 0 radical (unpaired) electrons. The van der Waals surface area contributed by atoms with Crippen LogP contribution in [-0.4, -0.2) is 36.9 Å². The van der Waals surface area contributed by atoms with Crippen LogP contribution in [0.25, 0.3) is 0 Å². The Morgan fingerprint density at radius 1 is 1.23 bits per heavy atom. The smallest absolute Gasteiger partial charge is 0.170 e. The molecule has 1 aromatic carbocycles. The highest BCUT2D eigenvalue weighted by Gasteiger charge is 2.39. The summed E-state index contributed by atoms with van der Waals surface area (Å²) >= 11 is 0. The molecule has 2 saturated heterocycles. The molecule has 0 aromatic heterocycles. The van der Waals surface area contributed by atoms with E-state index in [0.717, 1.165) is 37.8 Å². The normalized spacial score (nSPS) is 28.5. The molecule has 2 aliphatic rings. The maximum Gasteiger partial charge on any atom is 0.170 e. The summed E-state index contributed by atoms with van der Waals surface area (Å²) in [5.74, 6) is -2.08. The van der Waals surface area contributed by atoms with E-state index in [-0.39, 0.29) is 23.0 Å². The van der Waals surface area contributed by atoms with Crippen molar-refractivity contribution in [1.82, 2.24) is 4.90 Å². The number of rotatable bonds is 3. The quantitative estimate of drug-likeness (QED) is 0.801. The van der Waals surface area contributed by atoms with E-state index in [1.54, 1.807) is 0 Å². The van der Waals surface area contributed by atoms with Gasteiger partial charge in [0.05, 0.1) is 12.7 Å². The highest BCUT2D eigenvalue weighted by Crippen LogP contribution is 2.38. The molecule has 0 aliphatic carbocycles. The minimum atomic E-state index is -0.820. The number of hydrogen-bond donors (Lipinski definition) is 0. The number of benzene rings is 1. The molecule has 0 spiro atoms. The van der Waals surface area contributed by atoms with Gasteiger partial charge in [0, 0.05) is 24.1 Å². The number of Topliss-reactive ketones (excluding diaryl/α,β-unsaturated/α-hetero) is 1. The van der Waals surface area contributed by atoms with Crippen molar-refractivity contribution in [1.29, 1.82) is 0 Å². The van der Waals surface area contributed by atoms with Gasteiger partial charge in [-0.3, -0.25) is 4.79 Å². The molecule has 2 heterocycles. The fourth-order valence-electron chi connectivity index (χ4n) is 4.00. The van der Waals surface area contributed by atoms with Crippen LogP contribution in [0.15, 0.2) is 12.1 Å². The van der Waals surface area contributed by atoms with Gasteiger partial charge in [-0.1, -0.05) is 6.42 Å². The first-order chi connectivity index (χ1) is 10.5. The van der Waals surface area contributed by atoms with Crippen molar-refractivity contribution >= 4 is 5.78 Å². The highest BCUT2D eigenvalue weighted by atomic mass is 19.1. The van der Waals surface area contributed by atoms with Gasteiger partial charge in [-0.2, -0.15) is 0 Å². The van der Waals surface area contributed by atoms with Crippen molar-refractivity contribution in [2.75, 3.05) is 14.2 Å². The fraction of sp³-hybridized carbons (Fsp3) is 0.588. The molecule has 0 saturated carbocycles. The lowest BCUT2D eigenvalue weighted by Gasteiger charge is -2.46. The molecule has 1 aromatic rings. The van der Waals surface area contributed by atoms with E-state index in [0.29, 0.717) is 12.1 Å². The minimum absolute atomic E-state index is 0.0348. The first-order valence-corrected chi connectivity index (χ1v) is 7.80. The molecular formula is C17H21F2NO2. The number of carbonyl (C=O) groups excluding carboxylic acids is 1. The highest BCUT2D eigenvalue weighted by molar-refractivity contribution is 6.00. The summed E-state index contributed by atoms with van der Waals surface area (Å²) in [5.41, 5.74) is 0.0348. The Morgan fingerprint density at radius 2 is 1.86 bits per heavy atom. The average molecular weight is 309 g/mol. The lowest BCUT2D eigenvalue weighted by molar-refractivity contribution is 0.0337. The second kappa shape index (κ2) is 5.95. The Kier molecular flexibility index (Phi) is 4.17. The molecule has 22 heavy (non-hydrogen) atoms. The summed E-state index contributed by atoms with van der Waals surface area (Å²) in [6.45, 7) is 0. The number of ketones is 1. The molecule has 0 N–H and O–H groups in total. The number of piperidine rings is 2. The van der Waals surface area contributed by atoms with Crippen LogP contribution in [0.3, 0.4) is 0 Å². The van der Waals surface area contributed by atoms with Gasteiger partial charge in [0.15, 0.2) is 17.3 Å². The summed E-state index contributed by atoms with van der Waals surface area (Å²) < 4.78 is 32.3. The van der Waals surface area contributed by atoms with Crippen molar-refractivity contribution in [3.8, 4) is 5.75 Å². The number of fused-ring (bicyclic) bond motifs is 2. The summed E-state index contributed by atoms with van der Waals surface area (Å²) in [6, 6.07) is 2.63. The number of methoxy groups -OCH3 is 1. The van der Waals surface area contributed by atoms with Crippen molar-refractivity contribution in [2.24, 2.45) is 5.92 Å². The number of halogens is 2. The molecule has 5 heteroatoms. The van der Waals surface area contributed by atoms with E-state index < -0.39 is 11.6 Å². The average Bonchev–Trinajstić information content (AvgIpc) is 2.45. The van der Waals surface area contributed by atoms with E-state index in [9.17, 15) is 13.6 Å². The van der Waals surface area contributed by atoms with Crippen LogP contribution in [0.1, 0.15) is 42.5 Å². The largest absolute Gasteiger partial charge is 0.493 e. The zero-order valence-corrected chi connectivity index (χ0v) is 12.9. The summed E-state index contributed by atoms with van der Waals surface area (Å²) in [4.78, 5) is 15.1. The van der Waals surface area contributed by atoms with Crippen LogP contribution in [0, 0.1) is 17.6 Å². The molecule has 0 amide bonds. The van der Waals surface area contributed by atoms with Gasteiger partial charge in [-0.15, -0.1) is 0 Å². The molecule has 3 rings (SSSR count). The lowest BCUT2D eigenvalue weighted by Crippen LogP contribution is -2.51. The third-order valence-corrected chi connectivity index (χ3v) is 5.19. The fourth-order valence-corrected chi connectivity index (χ4v) is 4.00. The van der Waals surface area contributed by atoms with E-state index in [1.807, 2.05) is 0 Å². The van der Waals surface area contributed by atoms with E-state index in [4.69, 9.17) is 4.74 Å². The second-order valence-corrected chi connectivity index (χ2v) is 6.41. The standard InChI is InChI=1S/C17H21F2NO2/c1-20-12-4-3-5-13(20)7-10(6-12)16(21)14-8-11(18)9-15(19)17(14)22-2/h8-10,12-13H,3-7H2,1-2H3. The Morgan fingerprint density at radius 3 is 2.45 bits per heavy atom. The Hall–Kier alpha value is -1.49. The molecule has 2 atom stereocenters. The van der Waals surface area contributed by atoms with Gasteiger partial charge in [-0.05, 0) is 38.8 Å². The van der Waals surface area contributed by atoms with Crippen LogP contribution in [0.5, 0.6) is 5.75 Å². The van der Waals surface area contributed by atoms with Gasteiger partial charge >= 0.3 is 0 Å². The molecule has 3 nitrogen and oxygen atoms in total. The monoisotopic (exact) mass is 309 g/mol. The predicted molar refractivity (Wildman–Crippen MR) is 79.2 cm³/mol. The third kappa shape index (κ3) is 2.62. The second-order valence-electron chi connectivity index (χ2n) is 6.41. The van der Waals surface area contributed by atoms with Gasteiger partial charge in [0.1, 0.15) is 5.82 Å². The summed E-state index contributed by atoms with van der Waals surface area (Å²) in [7, 11) is 3.41. The van der Waals surface area contributed by atoms with Gasteiger partial charge in [0.25, 0.3) is 0 Å². The number of ether oxygens (including phenoxy) is 1. The van der Waals surface area contributed by atoms with E-state index in [1.165, 1.54) is 13.5 Å². The summed E-state index contributed by atoms with van der Waals surface area (Å²) in [5, 5.41) is 0. The van der Waals surface area contributed by atoms with Crippen LogP contribution >= 0.6 is 0 Å². The SMILES string of the molecule is COc1c(F)cc(F)cc1C(=O)C1CC2CCCC(C1)N2C. The maximum atomic E-state index is 13.8. The van der Waals surface area contributed by atoms with Crippen LogP contribution in [0.4, 0.5) is 8.78 Å². The molecule has 2 bridgehead atoms. The maximum absolute atomic E-state index is 13.8. The topological polar surface area (TPSA) is 29.5 Å². The van der Waals surface area contributed by atoms with Gasteiger partial charge in [-0.25, -0.2) is 8.78 Å². The van der Waals surface area contributed by atoms with Gasteiger partial charge in [0.2, 0.25) is 0 Å². The van der Waals surface area contributed by atoms with Crippen LogP contribution in [-0.2, 0) is 0 Å². The van der Waals surface area contributed by atoms with Gasteiger partial charge < -0.3 is 9.64 Å². The Bertz CT molecular complexity index is 576. The van der Waals surface area contributed by atoms with Crippen molar-refractivity contribution in [3.63, 3.8) is 0 Å². The van der Waals surface area contributed by atoms with Crippen molar-refractivity contribution in [2.45, 2.75) is 44.2 Å². The summed E-state index contributed by atoms with van der Waals surface area (Å²) in [6.07, 6.45) is 4.88. The van der Waals surface area contributed by atoms with E-state index >= 15 is 0 Å². The first-order valence-electron chi connectivity index (χ1n) is 7.80. The Balaban J connectivity index is 1.89. The predicted octanol–water partition coefficient (Wildman–Crippen LogP) is 3.42. The van der Waals surface area contributed by atoms with Crippen molar-refractivity contribution < 1.29 is 18.3 Å². The minimum Gasteiger partial charge on any atom is -0.493 e. The molecule has 2 unspecified atom stereocenters. The number of hydrogen-bond acceptors (Lipinski definition) is 3. The number of nitrogens with zero attached hydrogens (tertiary/aromatic N) is 1. The zero-order valence-electron chi connectivity index (χ0n) is 12.9. The zero-order chi connectivity index (χ0) is 15.9. The molecule has 2 fully saturated rings. The molecule has 2 aliphatic heterocycles. The first kappa shape index (κ1) is 15.4. The molecule has 120 valence electrons. The molecular weight excluding hydrogens is 288 g/mol. The van der Waals surface area contributed by atoms with Crippen molar-refractivity contribution in [3.05, 3.63) is 29.3 Å². The van der Waals surface area contributed by atoms with Crippen LogP contribution in [0.2, 0.25) is 0 Å².